The van der Waals surface area contributed by atoms with Crippen LogP contribution in [0.1, 0.15) is 99.6 Å². The molecule has 29 nitrogen and oxygen atoms in total. The SMILES string of the molecule is COc1cc(C)c(Nc2nc(=O)c(OC)cn2Cc2cc(C)cc(F)c2)cc1C.COc1ccc(C)c(Nc2nc(=O)c(OC)cn2Cc2ccc(F)c(C)c2)c1.COc1cn(Cc2ccc(C)c(Cl)c2)c(Nc2cc(C)c(Cl)cc2C)nc1=O.COc1cn(Cc2ccc(C)c(Cl)c2)c(Nc2cc3sc(C)nc3cc2C)nc1=O.COc1cn(Cc2ccc(C)c(Cl)c2)c(Nc2ccc(OC(F)F)cc2C)nc1=O. The van der Waals surface area contributed by atoms with Crippen molar-refractivity contribution >= 4 is 126 Å². The van der Waals surface area contributed by atoms with Gasteiger partial charge in [0.25, 0.3) is 0 Å². The van der Waals surface area contributed by atoms with Crippen LogP contribution in [-0.4, -0.2) is 109 Å². The van der Waals surface area contributed by atoms with Crippen LogP contribution in [0.5, 0.6) is 46.0 Å². The molecule has 6 aromatic heterocycles. The number of halogens is 8. The van der Waals surface area contributed by atoms with Crippen molar-refractivity contribution in [3.63, 3.8) is 0 Å². The van der Waals surface area contributed by atoms with Crippen molar-refractivity contribution in [1.82, 2.24) is 52.7 Å². The van der Waals surface area contributed by atoms with E-state index < -0.39 is 34.4 Å². The standard InChI is InChI=1S/C22H21ClN4O2S.C22H24FN3O3.C21H21Cl2N3O2.C21H20ClF2N3O3.C21H22FN3O3/c1-12-5-6-15(8-16(12)23)10-27-11-19(29-4)21(28)26-22(27)25-17-9-20-18(7-13(17)2)24-14(3)30-20;1-13-6-16(10-17(23)7-13)11-26-12-20(29-5)21(27)25-22(26)24-18-8-15(3)19(28-4)9-14(18)2;1-12-5-6-15(9-17(12)23)10-26-11-19(28-4)20(27)25-21(26)24-18-8-13(2)16(22)7-14(18)3;1-12-4-5-14(9-16(12)22)10-27-11-18(29-3)19(28)26-21(27)25-17-7-6-15(8-13(17)2)30-20(23)24;1-13-5-7-16(27-3)10-18(13)23-21-24-20(26)19(28-4)12-25(21)11-15-6-8-17(22)14(2)9-15/h5-9,11H,10H2,1-4H3,(H,25,26,28);6-10,12H,11H2,1-5H3,(H,24,25,27);5-9,11H,10H2,1-4H3,(H,24,25,27);4-9,11,20H,10H2,1-3H3,(H,25,26,28);5-10,12H,11H2,1-4H3,(H,23,24,26). The van der Waals surface area contributed by atoms with Crippen molar-refractivity contribution in [3.8, 4) is 46.0 Å². The normalized spacial score (nSPS) is 10.8. The predicted molar refractivity (Wildman–Crippen MR) is 566 cm³/mol. The second kappa shape index (κ2) is 49.2. The topological polar surface area (TPSA) is 321 Å². The van der Waals surface area contributed by atoms with E-state index in [-0.39, 0.29) is 52.1 Å². The van der Waals surface area contributed by atoms with Crippen LogP contribution in [0, 0.1) is 102 Å². The summed E-state index contributed by atoms with van der Waals surface area (Å²) in [7, 11) is 10.4. The molecule has 6 heterocycles. The lowest BCUT2D eigenvalue weighted by Gasteiger charge is -2.18. The van der Waals surface area contributed by atoms with Gasteiger partial charge >= 0.3 is 34.4 Å². The first kappa shape index (κ1) is 109. The van der Waals surface area contributed by atoms with Gasteiger partial charge in [-0.1, -0.05) is 107 Å². The molecule has 0 fully saturated rings. The zero-order chi connectivity index (χ0) is 105. The van der Waals surface area contributed by atoms with Crippen molar-refractivity contribution in [3.05, 3.63) is 378 Å². The van der Waals surface area contributed by atoms with Crippen LogP contribution in [0.25, 0.3) is 10.2 Å². The Balaban J connectivity index is 0.000000161. The number of hydrogen-bond donors (Lipinski definition) is 5. The number of aromatic nitrogens is 11. The van der Waals surface area contributed by atoms with Gasteiger partial charge in [0.15, 0.2) is 0 Å². The summed E-state index contributed by atoms with van der Waals surface area (Å²) < 4.78 is 103. The summed E-state index contributed by atoms with van der Waals surface area (Å²) in [5, 5.41) is 19.8. The number of thiazole rings is 1. The van der Waals surface area contributed by atoms with Gasteiger partial charge in [-0.3, -0.25) is 24.0 Å². The molecule has 0 bridgehead atoms. The number of fused-ring (bicyclic) bond motifs is 1. The third kappa shape index (κ3) is 28.6. The number of benzene rings is 10. The van der Waals surface area contributed by atoms with Crippen LogP contribution in [-0.2, 0) is 32.7 Å². The first-order chi connectivity index (χ1) is 69.1. The predicted octanol–water partition coefficient (Wildman–Crippen LogP) is 23.3. The molecule has 0 aliphatic carbocycles. The molecule has 38 heteroatoms. The molecule has 16 rings (SSSR count). The average Bonchev–Trinajstić information content (AvgIpc) is 1.39. The van der Waals surface area contributed by atoms with E-state index in [0.717, 1.165) is 127 Å². The third-order valence-corrected chi connectivity index (χ3v) is 25.5. The summed E-state index contributed by atoms with van der Waals surface area (Å²) in [5.41, 5.74) is 17.7. The van der Waals surface area contributed by atoms with Gasteiger partial charge in [0.2, 0.25) is 58.5 Å². The molecule has 16 aromatic rings. The number of ether oxygens (including phenoxy) is 8. The maximum Gasteiger partial charge on any atom is 0.387 e. The molecule has 145 heavy (non-hydrogen) atoms. The van der Waals surface area contributed by atoms with E-state index in [2.05, 4.69) is 61.2 Å². The van der Waals surface area contributed by atoms with E-state index in [1.165, 1.54) is 65.9 Å². The van der Waals surface area contributed by atoms with Crippen LogP contribution in [0.3, 0.4) is 0 Å². The smallest absolute Gasteiger partial charge is 0.387 e. The summed E-state index contributed by atoms with van der Waals surface area (Å²) >= 11 is 26.6. The first-order valence-corrected chi connectivity index (χ1v) is 47.3. The molecule has 0 aliphatic heterocycles. The second-order valence-corrected chi connectivity index (χ2v) is 36.7. The highest BCUT2D eigenvalue weighted by molar-refractivity contribution is 7.18. The van der Waals surface area contributed by atoms with Crippen LogP contribution < -0.4 is 92.3 Å². The minimum atomic E-state index is -2.90. The van der Waals surface area contributed by atoms with Gasteiger partial charge in [-0.2, -0.15) is 33.7 Å². The number of nitrogens with one attached hydrogen (secondary N) is 5. The van der Waals surface area contributed by atoms with Crippen molar-refractivity contribution in [1.29, 1.82) is 0 Å². The second-order valence-electron chi connectivity index (χ2n) is 33.9. The lowest BCUT2D eigenvalue weighted by Crippen LogP contribution is -2.19. The molecule has 0 radical (unpaired) electrons. The fraction of sp³-hybridized carbons (Fsp3) is 0.243. The van der Waals surface area contributed by atoms with E-state index in [9.17, 15) is 41.5 Å². The summed E-state index contributed by atoms with van der Waals surface area (Å²) in [6, 6.07) is 49.0. The van der Waals surface area contributed by atoms with Crippen molar-refractivity contribution in [2.75, 3.05) is 76.4 Å². The van der Waals surface area contributed by atoms with Gasteiger partial charge in [0.1, 0.15) is 28.9 Å². The van der Waals surface area contributed by atoms with Crippen LogP contribution in [0.4, 0.5) is 75.7 Å². The molecule has 0 saturated heterocycles. The summed E-state index contributed by atoms with van der Waals surface area (Å²) in [6.45, 7) is 23.9. The van der Waals surface area contributed by atoms with Crippen LogP contribution >= 0.6 is 57.7 Å². The molecule has 5 N–H and O–H groups in total. The number of nitrogens with zero attached hydrogens (tertiary/aromatic N) is 11. The van der Waals surface area contributed by atoms with Gasteiger partial charge in [0.05, 0.1) is 129 Å². The molecule has 0 saturated carbocycles. The monoisotopic (exact) mass is 2070 g/mol. The number of hydrogen-bond acceptors (Lipinski definition) is 25. The number of rotatable bonds is 29. The van der Waals surface area contributed by atoms with Crippen molar-refractivity contribution < 1.29 is 55.5 Å². The highest BCUT2D eigenvalue weighted by Gasteiger charge is 2.22. The van der Waals surface area contributed by atoms with Gasteiger partial charge in [-0.25, -0.2) is 13.8 Å². The van der Waals surface area contributed by atoms with Crippen LogP contribution in [0.2, 0.25) is 20.1 Å². The Labute approximate surface area is 858 Å². The molecule has 0 amide bonds. The molecule has 0 spiro atoms. The number of anilines is 10. The summed E-state index contributed by atoms with van der Waals surface area (Å²) in [4.78, 5) is 86.5. The maximum atomic E-state index is 13.8. The minimum absolute atomic E-state index is 0.0439. The summed E-state index contributed by atoms with van der Waals surface area (Å²) in [5.74, 6) is 3.44. The third-order valence-electron chi connectivity index (χ3n) is 22.9. The Morgan fingerprint density at radius 2 is 0.655 bits per heavy atom. The maximum absolute atomic E-state index is 13.8. The fourth-order valence-electron chi connectivity index (χ4n) is 14.9. The molecule has 0 aliphatic rings. The number of methoxy groups -OCH3 is 7. The number of alkyl halides is 2. The quantitative estimate of drug-likeness (QED) is 0.0272. The van der Waals surface area contributed by atoms with E-state index in [0.29, 0.717) is 99.2 Å². The Morgan fingerprint density at radius 3 is 1.05 bits per heavy atom. The zero-order valence-corrected chi connectivity index (χ0v) is 87.1. The van der Waals surface area contributed by atoms with E-state index >= 15 is 0 Å². The van der Waals surface area contributed by atoms with Gasteiger partial charge in [-0.15, -0.1) is 11.3 Å². The van der Waals surface area contributed by atoms with Gasteiger partial charge < -0.3 is 87.3 Å². The Morgan fingerprint density at radius 1 is 0.303 bits per heavy atom. The minimum Gasteiger partial charge on any atom is -0.497 e. The Hall–Kier alpha value is -15.2. The zero-order valence-electron chi connectivity index (χ0n) is 83.2. The molecule has 0 atom stereocenters. The van der Waals surface area contributed by atoms with E-state index in [4.69, 9.17) is 79.6 Å². The van der Waals surface area contributed by atoms with Crippen LogP contribution in [0.15, 0.2) is 219 Å². The van der Waals surface area contributed by atoms with Crippen molar-refractivity contribution in [2.24, 2.45) is 0 Å². The van der Waals surface area contributed by atoms with Gasteiger partial charge in [-0.05, 0) is 282 Å². The van der Waals surface area contributed by atoms with Crippen molar-refractivity contribution in [2.45, 2.75) is 129 Å². The lowest BCUT2D eigenvalue weighted by atomic mass is 10.1. The average molecular weight is 2080 g/mol. The van der Waals surface area contributed by atoms with E-state index in [1.54, 1.807) is 102 Å². The highest BCUT2D eigenvalue weighted by Crippen LogP contribution is 2.36. The molecular formula is C107H108Cl4F4N16O13S. The molecule has 756 valence electrons. The Kier molecular flexibility index (Phi) is 36.8. The Bertz CT molecular complexity index is 7780. The summed E-state index contributed by atoms with van der Waals surface area (Å²) in [6.07, 6.45) is 8.02. The number of aryl methyl sites for hydroxylation is 13. The first-order valence-electron chi connectivity index (χ1n) is 45.0. The largest absolute Gasteiger partial charge is 0.497 e. The molecule has 10 aromatic carbocycles. The fourth-order valence-corrected chi connectivity index (χ4v) is 16.5. The highest BCUT2D eigenvalue weighted by atomic mass is 35.5. The van der Waals surface area contributed by atoms with Gasteiger partial charge in [0, 0.05) is 54.6 Å². The van der Waals surface area contributed by atoms with E-state index in [1.807, 2.05) is 201 Å². The molecule has 0 unspecified atom stereocenters. The lowest BCUT2D eigenvalue weighted by molar-refractivity contribution is -0.0498. The molecular weight excluding hydrogens is 1970 g/mol.